The molecule has 0 aliphatic heterocycles. The van der Waals surface area contributed by atoms with Gasteiger partial charge in [-0.15, -0.1) is 0 Å². The molecule has 0 aliphatic carbocycles. The molecule has 37 heavy (non-hydrogen) atoms. The Balaban J connectivity index is 2.29. The van der Waals surface area contributed by atoms with E-state index in [0.717, 1.165) is 29.1 Å². The van der Waals surface area contributed by atoms with Gasteiger partial charge < -0.3 is 9.79 Å². The number of rotatable bonds is 26. The van der Waals surface area contributed by atoms with Crippen molar-refractivity contribution in [3.05, 3.63) is 29.3 Å². The van der Waals surface area contributed by atoms with Crippen LogP contribution in [0.1, 0.15) is 166 Å². The third-order valence-corrected chi connectivity index (χ3v) is 10.1. The molecule has 0 saturated heterocycles. The summed E-state index contributed by atoms with van der Waals surface area (Å²) in [6, 6.07) is 6.63. The van der Waals surface area contributed by atoms with E-state index in [1.165, 1.54) is 152 Å². The first-order valence-electron chi connectivity index (χ1n) is 15.8. The Morgan fingerprint density at radius 3 is 1.11 bits per heavy atom. The highest BCUT2D eigenvalue weighted by Crippen LogP contribution is 2.55. The van der Waals surface area contributed by atoms with Gasteiger partial charge in [-0.3, -0.25) is 0 Å². The van der Waals surface area contributed by atoms with Crippen LogP contribution in [0, 0.1) is 0 Å². The lowest BCUT2D eigenvalue weighted by atomic mass is 9.99. The van der Waals surface area contributed by atoms with E-state index < -0.39 is 5.69 Å². The zero-order chi connectivity index (χ0) is 27.0. The number of aryl methyl sites for hydroxylation is 2. The Hall–Kier alpha value is 0.140. The average molecular weight is 571 g/mol. The van der Waals surface area contributed by atoms with Gasteiger partial charge in [-0.1, -0.05) is 148 Å². The summed E-state index contributed by atoms with van der Waals surface area (Å²) in [5, 5.41) is 0. The second-order valence-electron chi connectivity index (χ2n) is 11.1. The summed E-state index contributed by atoms with van der Waals surface area (Å²) < 4.78 is 0. The molecule has 0 bridgehead atoms. The van der Waals surface area contributed by atoms with Crippen molar-refractivity contribution in [1.82, 2.24) is 0 Å². The first-order valence-corrected chi connectivity index (χ1v) is 20.0. The van der Waals surface area contributed by atoms with E-state index in [1.807, 2.05) is 0 Å². The fourth-order valence-corrected chi connectivity index (χ4v) is 7.79. The van der Waals surface area contributed by atoms with Crippen molar-refractivity contribution < 1.29 is 9.79 Å². The number of hydrogen-bond acceptors (Lipinski definition) is 2. The van der Waals surface area contributed by atoms with Gasteiger partial charge in [0.2, 0.25) is 5.69 Å². The summed E-state index contributed by atoms with van der Waals surface area (Å²) in [7, 11) is 0. The molecular weight excluding hydrogens is 511 g/mol. The first-order chi connectivity index (χ1) is 17.9. The highest BCUT2D eigenvalue weighted by Gasteiger charge is 2.12. The Morgan fingerprint density at radius 1 is 0.514 bits per heavy atom. The standard InChI is InChI=1S/C32H59O2PS2/c1-3-5-7-9-11-13-15-17-19-21-23-25-30-27-31(29-32(28-30)37-35(33,34)36)26-24-22-20-18-16-14-12-10-8-6-4-2/h27-29H,3-26H2,1-2H3,(H2,33,34,36). The summed E-state index contributed by atoms with van der Waals surface area (Å²) in [5.74, 6) is 0. The third kappa shape index (κ3) is 22.6. The zero-order valence-corrected chi connectivity index (χ0v) is 26.9. The van der Waals surface area contributed by atoms with Crippen LogP contribution in [-0.2, 0) is 24.6 Å². The Labute approximate surface area is 240 Å². The van der Waals surface area contributed by atoms with Crippen LogP contribution in [0.2, 0.25) is 0 Å². The molecule has 0 aliphatic rings. The smallest absolute Gasteiger partial charge is 0.246 e. The summed E-state index contributed by atoms with van der Waals surface area (Å²) in [6.45, 7) is 4.56. The minimum absolute atomic E-state index is 0.937. The van der Waals surface area contributed by atoms with Gasteiger partial charge in [0, 0.05) is 4.90 Å². The van der Waals surface area contributed by atoms with Crippen LogP contribution in [0.4, 0.5) is 0 Å². The second kappa shape index (κ2) is 24.0. The van der Waals surface area contributed by atoms with Gasteiger partial charge in [0.05, 0.1) is 0 Å². The molecule has 0 spiro atoms. The molecule has 2 nitrogen and oxygen atoms in total. The van der Waals surface area contributed by atoms with Crippen LogP contribution >= 0.6 is 17.1 Å². The van der Waals surface area contributed by atoms with Crippen molar-refractivity contribution in [2.45, 2.75) is 173 Å². The van der Waals surface area contributed by atoms with Crippen LogP contribution in [0.5, 0.6) is 0 Å². The van der Waals surface area contributed by atoms with E-state index in [-0.39, 0.29) is 0 Å². The quantitative estimate of drug-likeness (QED) is 0.0858. The molecule has 2 N–H and O–H groups in total. The molecule has 0 unspecified atom stereocenters. The van der Waals surface area contributed by atoms with Crippen molar-refractivity contribution in [3.8, 4) is 0 Å². The molecule has 1 aromatic carbocycles. The molecule has 5 heteroatoms. The SMILES string of the molecule is CCCCCCCCCCCCCc1cc(CCCCCCCCCCCCC)cc(SP(O)(O)=S)c1. The average Bonchev–Trinajstić information content (AvgIpc) is 2.85. The highest BCUT2D eigenvalue weighted by atomic mass is 32.9. The van der Waals surface area contributed by atoms with Crippen molar-refractivity contribution in [1.29, 1.82) is 0 Å². The van der Waals surface area contributed by atoms with E-state index in [2.05, 4.69) is 32.0 Å². The highest BCUT2D eigenvalue weighted by molar-refractivity contribution is 8.67. The minimum atomic E-state index is -3.29. The van der Waals surface area contributed by atoms with Gasteiger partial charge in [-0.25, -0.2) is 0 Å². The van der Waals surface area contributed by atoms with Crippen LogP contribution in [0.3, 0.4) is 0 Å². The lowest BCUT2D eigenvalue weighted by molar-refractivity contribution is 0.502. The van der Waals surface area contributed by atoms with E-state index in [9.17, 15) is 9.79 Å². The first kappa shape index (κ1) is 35.2. The molecule has 0 amide bonds. The molecule has 0 heterocycles. The maximum absolute atomic E-state index is 9.85. The van der Waals surface area contributed by atoms with Crippen LogP contribution < -0.4 is 0 Å². The van der Waals surface area contributed by atoms with Crippen LogP contribution in [0.15, 0.2) is 23.1 Å². The van der Waals surface area contributed by atoms with Crippen LogP contribution in [0.25, 0.3) is 0 Å². The van der Waals surface area contributed by atoms with Gasteiger partial charge >= 0.3 is 0 Å². The van der Waals surface area contributed by atoms with Crippen molar-refractivity contribution in [2.75, 3.05) is 0 Å². The molecular formula is C32H59O2PS2. The Morgan fingerprint density at radius 2 is 0.811 bits per heavy atom. The van der Waals surface area contributed by atoms with Crippen molar-refractivity contribution in [3.63, 3.8) is 0 Å². The minimum Gasteiger partial charge on any atom is -0.337 e. The maximum atomic E-state index is 9.85. The lowest BCUT2D eigenvalue weighted by Crippen LogP contribution is -1.93. The van der Waals surface area contributed by atoms with Gasteiger partial charge in [0.1, 0.15) is 0 Å². The number of hydrogen-bond donors (Lipinski definition) is 2. The van der Waals surface area contributed by atoms with Gasteiger partial charge in [-0.2, -0.15) is 0 Å². The predicted octanol–water partition coefficient (Wildman–Crippen LogP) is 11.7. The molecule has 1 rings (SSSR count). The molecule has 1 aromatic rings. The zero-order valence-electron chi connectivity index (χ0n) is 24.4. The summed E-state index contributed by atoms with van der Waals surface area (Å²) in [5.41, 5.74) is -0.620. The third-order valence-electron chi connectivity index (χ3n) is 7.39. The fraction of sp³-hybridized carbons (Fsp3) is 0.812. The van der Waals surface area contributed by atoms with Crippen molar-refractivity contribution in [2.24, 2.45) is 0 Å². The van der Waals surface area contributed by atoms with E-state index in [4.69, 9.17) is 11.8 Å². The van der Waals surface area contributed by atoms with E-state index in [0.29, 0.717) is 0 Å². The molecule has 0 fully saturated rings. The number of benzene rings is 1. The largest absolute Gasteiger partial charge is 0.337 e. The molecule has 0 aromatic heterocycles. The predicted molar refractivity (Wildman–Crippen MR) is 171 cm³/mol. The monoisotopic (exact) mass is 570 g/mol. The molecule has 0 atom stereocenters. The fourth-order valence-electron chi connectivity index (χ4n) is 5.19. The summed E-state index contributed by atoms with van der Waals surface area (Å²) >= 11 is 6.00. The van der Waals surface area contributed by atoms with E-state index in [1.54, 1.807) is 0 Å². The lowest BCUT2D eigenvalue weighted by Gasteiger charge is -2.12. The molecule has 0 saturated carbocycles. The normalized spacial score (nSPS) is 11.9. The van der Waals surface area contributed by atoms with Gasteiger partial charge in [0.25, 0.3) is 0 Å². The number of unbranched alkanes of at least 4 members (excludes halogenated alkanes) is 20. The molecule has 0 radical (unpaired) electrons. The Bertz CT molecular complexity index is 660. The summed E-state index contributed by atoms with van der Waals surface area (Å²) in [4.78, 5) is 20.6. The van der Waals surface area contributed by atoms with E-state index >= 15 is 0 Å². The van der Waals surface area contributed by atoms with Gasteiger partial charge in [0.15, 0.2) is 0 Å². The second-order valence-corrected chi connectivity index (χ2v) is 17.1. The maximum Gasteiger partial charge on any atom is 0.246 e. The summed E-state index contributed by atoms with van der Waals surface area (Å²) in [6.07, 6.45) is 32.1. The van der Waals surface area contributed by atoms with Crippen LogP contribution in [-0.4, -0.2) is 9.79 Å². The topological polar surface area (TPSA) is 40.5 Å². The van der Waals surface area contributed by atoms with Crippen molar-refractivity contribution >= 4 is 28.9 Å². The molecule has 216 valence electrons. The van der Waals surface area contributed by atoms with Gasteiger partial charge in [-0.05, 0) is 72.1 Å². The Kier molecular flexibility index (Phi) is 22.8.